The number of hydrogen-bond acceptors (Lipinski definition) is 3. The van der Waals surface area contributed by atoms with Crippen LogP contribution in [0.15, 0.2) is 42.5 Å². The lowest BCUT2D eigenvalue weighted by Gasteiger charge is -2.04. The van der Waals surface area contributed by atoms with E-state index in [0.717, 1.165) is 22.6 Å². The topological polar surface area (TPSA) is 67.0 Å². The highest BCUT2D eigenvalue weighted by molar-refractivity contribution is 6.30. The van der Waals surface area contributed by atoms with E-state index in [1.165, 1.54) is 0 Å². The zero-order chi connectivity index (χ0) is 16.2. The Hall–Kier alpha value is -2.53. The number of rotatable bonds is 5. The molecule has 0 aliphatic rings. The molecule has 5 nitrogen and oxygen atoms in total. The van der Waals surface area contributed by atoms with E-state index in [4.69, 9.17) is 16.3 Å². The molecule has 0 aliphatic carbocycles. The lowest BCUT2D eigenvalue weighted by atomic mass is 10.2. The van der Waals surface area contributed by atoms with Crippen LogP contribution in [0.4, 0.5) is 0 Å². The molecule has 118 valence electrons. The maximum atomic E-state index is 12.0. The van der Waals surface area contributed by atoms with Crippen molar-refractivity contribution in [1.29, 1.82) is 0 Å². The summed E-state index contributed by atoms with van der Waals surface area (Å²) >= 11 is 5.81. The lowest BCUT2D eigenvalue weighted by Crippen LogP contribution is -2.25. The molecule has 0 bridgehead atoms. The monoisotopic (exact) mass is 329 g/mol. The highest BCUT2D eigenvalue weighted by atomic mass is 35.5. The van der Waals surface area contributed by atoms with Crippen molar-refractivity contribution in [3.8, 4) is 5.75 Å². The third-order valence-corrected chi connectivity index (χ3v) is 3.74. The zero-order valence-corrected chi connectivity index (χ0v) is 13.4. The molecule has 0 radical (unpaired) electrons. The second kappa shape index (κ2) is 6.71. The van der Waals surface area contributed by atoms with Gasteiger partial charge >= 0.3 is 0 Å². The first-order chi connectivity index (χ1) is 11.2. The van der Waals surface area contributed by atoms with E-state index < -0.39 is 0 Å². The highest BCUT2D eigenvalue weighted by Gasteiger charge is 2.07. The van der Waals surface area contributed by atoms with Gasteiger partial charge in [0.15, 0.2) is 0 Å². The minimum atomic E-state index is -0.126. The lowest BCUT2D eigenvalue weighted by molar-refractivity contribution is 0.0954. The number of amides is 1. The first-order valence-corrected chi connectivity index (χ1v) is 7.60. The second-order valence-corrected chi connectivity index (χ2v) is 5.52. The van der Waals surface area contributed by atoms with Crippen LogP contribution in [0, 0.1) is 0 Å². The van der Waals surface area contributed by atoms with E-state index in [2.05, 4.69) is 15.3 Å². The molecule has 0 spiro atoms. The molecular weight excluding hydrogens is 314 g/mol. The Kier molecular flexibility index (Phi) is 4.48. The number of ether oxygens (including phenoxy) is 1. The summed E-state index contributed by atoms with van der Waals surface area (Å²) in [7, 11) is 1.63. The number of carbonyl (C=O) groups excluding carboxylic acids is 1. The first kappa shape index (κ1) is 15.4. The number of H-pyrrole nitrogens is 1. The van der Waals surface area contributed by atoms with Gasteiger partial charge in [0.05, 0.1) is 18.1 Å². The third-order valence-electron chi connectivity index (χ3n) is 3.49. The molecule has 1 heterocycles. The van der Waals surface area contributed by atoms with Crippen LogP contribution in [0.25, 0.3) is 11.0 Å². The summed E-state index contributed by atoms with van der Waals surface area (Å²) < 4.78 is 5.19. The quantitative estimate of drug-likeness (QED) is 0.755. The first-order valence-electron chi connectivity index (χ1n) is 7.22. The molecule has 6 heteroatoms. The highest BCUT2D eigenvalue weighted by Crippen LogP contribution is 2.18. The summed E-state index contributed by atoms with van der Waals surface area (Å²) in [5.41, 5.74) is 2.39. The largest absolute Gasteiger partial charge is 0.497 e. The van der Waals surface area contributed by atoms with Crippen molar-refractivity contribution in [3.63, 3.8) is 0 Å². The van der Waals surface area contributed by atoms with Crippen LogP contribution in [-0.2, 0) is 6.42 Å². The van der Waals surface area contributed by atoms with Crippen molar-refractivity contribution >= 4 is 28.5 Å². The van der Waals surface area contributed by atoms with E-state index in [1.807, 2.05) is 18.2 Å². The average molecular weight is 330 g/mol. The van der Waals surface area contributed by atoms with E-state index in [1.54, 1.807) is 31.4 Å². The predicted octanol–water partition coefficient (Wildman–Crippen LogP) is 3.20. The van der Waals surface area contributed by atoms with Gasteiger partial charge in [-0.3, -0.25) is 4.79 Å². The number of benzene rings is 2. The fourth-order valence-electron chi connectivity index (χ4n) is 2.28. The smallest absolute Gasteiger partial charge is 0.251 e. The summed E-state index contributed by atoms with van der Waals surface area (Å²) in [6.45, 7) is 0.498. The number of imidazole rings is 1. The molecule has 0 fully saturated rings. The summed E-state index contributed by atoms with van der Waals surface area (Å²) in [5.74, 6) is 1.48. The Labute approximate surface area is 138 Å². The Morgan fingerprint density at radius 2 is 2.04 bits per heavy atom. The molecule has 23 heavy (non-hydrogen) atoms. The summed E-state index contributed by atoms with van der Waals surface area (Å²) in [6, 6.07) is 12.5. The number of methoxy groups -OCH3 is 1. The molecule has 2 N–H and O–H groups in total. The van der Waals surface area contributed by atoms with Gasteiger partial charge in [-0.1, -0.05) is 11.6 Å². The molecule has 0 aliphatic heterocycles. The van der Waals surface area contributed by atoms with Crippen LogP contribution in [0.5, 0.6) is 5.75 Å². The van der Waals surface area contributed by atoms with Gasteiger partial charge in [0.25, 0.3) is 5.91 Å². The van der Waals surface area contributed by atoms with Gasteiger partial charge < -0.3 is 15.0 Å². The maximum Gasteiger partial charge on any atom is 0.251 e. The van der Waals surface area contributed by atoms with Gasteiger partial charge in [0.1, 0.15) is 11.6 Å². The van der Waals surface area contributed by atoms with Crippen LogP contribution in [0.2, 0.25) is 5.02 Å². The molecule has 1 aromatic heterocycles. The number of nitrogens with one attached hydrogen (secondary N) is 2. The van der Waals surface area contributed by atoms with Gasteiger partial charge in [-0.25, -0.2) is 4.98 Å². The van der Waals surface area contributed by atoms with E-state index >= 15 is 0 Å². The van der Waals surface area contributed by atoms with E-state index in [-0.39, 0.29) is 5.91 Å². The molecule has 1 amide bonds. The molecule has 0 unspecified atom stereocenters. The summed E-state index contributed by atoms with van der Waals surface area (Å²) in [6.07, 6.45) is 0.621. The summed E-state index contributed by atoms with van der Waals surface area (Å²) in [4.78, 5) is 19.7. The number of halogens is 1. The number of aromatic amines is 1. The number of nitrogens with zero attached hydrogens (tertiary/aromatic N) is 1. The predicted molar refractivity (Wildman–Crippen MR) is 90.1 cm³/mol. The van der Waals surface area contributed by atoms with Crippen LogP contribution in [0.3, 0.4) is 0 Å². The van der Waals surface area contributed by atoms with E-state index in [0.29, 0.717) is 23.6 Å². The second-order valence-electron chi connectivity index (χ2n) is 5.08. The van der Waals surface area contributed by atoms with E-state index in [9.17, 15) is 4.79 Å². The van der Waals surface area contributed by atoms with Gasteiger partial charge in [-0.15, -0.1) is 0 Å². The Bertz CT molecular complexity index is 827. The van der Waals surface area contributed by atoms with Crippen molar-refractivity contribution in [2.45, 2.75) is 6.42 Å². The third kappa shape index (κ3) is 3.63. The fourth-order valence-corrected chi connectivity index (χ4v) is 2.41. The number of hydrogen-bond donors (Lipinski definition) is 2. The van der Waals surface area contributed by atoms with Crippen LogP contribution in [0.1, 0.15) is 16.2 Å². The number of fused-ring (bicyclic) bond motifs is 1. The molecule has 0 saturated carbocycles. The molecule has 0 saturated heterocycles. The molecule has 3 aromatic rings. The normalized spacial score (nSPS) is 10.7. The molecule has 3 rings (SSSR count). The van der Waals surface area contributed by atoms with Crippen molar-refractivity contribution in [2.75, 3.05) is 13.7 Å². The maximum absolute atomic E-state index is 12.0. The van der Waals surface area contributed by atoms with Crippen molar-refractivity contribution < 1.29 is 9.53 Å². The Morgan fingerprint density at radius 1 is 1.26 bits per heavy atom. The fraction of sp³-hybridized carbons (Fsp3) is 0.176. The minimum Gasteiger partial charge on any atom is -0.497 e. The van der Waals surface area contributed by atoms with Crippen LogP contribution in [-0.4, -0.2) is 29.5 Å². The number of carbonyl (C=O) groups is 1. The van der Waals surface area contributed by atoms with Gasteiger partial charge in [0.2, 0.25) is 0 Å². The van der Waals surface area contributed by atoms with Crippen LogP contribution < -0.4 is 10.1 Å². The SMILES string of the molecule is COc1ccc2nc(CCNC(=O)c3ccc(Cl)cc3)[nH]c2c1. The van der Waals surface area contributed by atoms with Crippen molar-refractivity contribution in [3.05, 3.63) is 58.9 Å². The zero-order valence-electron chi connectivity index (χ0n) is 12.6. The average Bonchev–Trinajstić information content (AvgIpc) is 2.97. The molecule has 0 atom stereocenters. The van der Waals surface area contributed by atoms with Gasteiger partial charge in [-0.2, -0.15) is 0 Å². The van der Waals surface area contributed by atoms with Crippen LogP contribution >= 0.6 is 11.6 Å². The number of aromatic nitrogens is 2. The van der Waals surface area contributed by atoms with Crippen molar-refractivity contribution in [1.82, 2.24) is 15.3 Å². The Morgan fingerprint density at radius 3 is 2.78 bits per heavy atom. The summed E-state index contributed by atoms with van der Waals surface area (Å²) in [5, 5.41) is 3.48. The Balaban J connectivity index is 1.60. The van der Waals surface area contributed by atoms with Gasteiger partial charge in [0, 0.05) is 29.6 Å². The molecule has 2 aromatic carbocycles. The van der Waals surface area contributed by atoms with Crippen molar-refractivity contribution in [2.24, 2.45) is 0 Å². The molecular formula is C17H16ClN3O2. The minimum absolute atomic E-state index is 0.126. The standard InChI is InChI=1S/C17H16ClN3O2/c1-23-13-6-7-14-15(10-13)21-16(20-14)8-9-19-17(22)11-2-4-12(18)5-3-11/h2-7,10H,8-9H2,1H3,(H,19,22)(H,20,21). The van der Waals surface area contributed by atoms with Gasteiger partial charge in [-0.05, 0) is 36.4 Å².